The maximum Gasteiger partial charge on any atom is 0.213 e. The summed E-state index contributed by atoms with van der Waals surface area (Å²) in [5.41, 5.74) is 0.878. The molecule has 0 saturated carbocycles. The van der Waals surface area contributed by atoms with E-state index >= 15 is 0 Å². The first-order valence-corrected chi connectivity index (χ1v) is 4.71. The molecule has 0 fully saturated rings. The van der Waals surface area contributed by atoms with Crippen molar-refractivity contribution in [1.82, 2.24) is 25.1 Å². The third-order valence-electron chi connectivity index (χ3n) is 1.43. The lowest BCUT2D eigenvalue weighted by Crippen LogP contribution is -2.01. The van der Waals surface area contributed by atoms with Gasteiger partial charge in [0.2, 0.25) is 6.39 Å². The monoisotopic (exact) mass is 243 g/mol. The third kappa shape index (κ3) is 1.92. The fourth-order valence-corrected chi connectivity index (χ4v) is 1.14. The van der Waals surface area contributed by atoms with Gasteiger partial charge in [-0.25, -0.2) is 4.68 Å². The molecule has 6 nitrogen and oxygen atoms in total. The molecular weight excluding hydrogens is 238 g/mol. The van der Waals surface area contributed by atoms with Gasteiger partial charge in [-0.3, -0.25) is 0 Å². The van der Waals surface area contributed by atoms with Crippen LogP contribution in [0.25, 0.3) is 0 Å². The van der Waals surface area contributed by atoms with E-state index in [2.05, 4.69) is 40.9 Å². The summed E-state index contributed by atoms with van der Waals surface area (Å²) < 4.78 is 6.24. The summed E-state index contributed by atoms with van der Waals surface area (Å²) in [5.74, 6) is 0.589. The van der Waals surface area contributed by atoms with Gasteiger partial charge in [-0.05, 0) is 0 Å². The molecule has 0 aromatic carbocycles. The van der Waals surface area contributed by atoms with Gasteiger partial charge in [0.05, 0.1) is 5.69 Å². The quantitative estimate of drug-likeness (QED) is 0.739. The van der Waals surface area contributed by atoms with Crippen molar-refractivity contribution < 1.29 is 4.52 Å². The summed E-state index contributed by atoms with van der Waals surface area (Å²) in [6, 6.07) is 0. The number of rotatable bonds is 3. The van der Waals surface area contributed by atoms with Gasteiger partial charge >= 0.3 is 0 Å². The number of hydrogen-bond acceptors (Lipinski definition) is 5. The Morgan fingerprint density at radius 2 is 2.46 bits per heavy atom. The fourth-order valence-electron chi connectivity index (χ4n) is 0.884. The number of aromatic nitrogens is 5. The molecule has 0 bridgehead atoms. The predicted octanol–water partition coefficient (Wildman–Crippen LogP) is 0.604. The zero-order valence-electron chi connectivity index (χ0n) is 6.59. The Labute approximate surface area is 82.1 Å². The Balaban J connectivity index is 2.10. The number of halogens is 1. The van der Waals surface area contributed by atoms with Gasteiger partial charge < -0.3 is 4.52 Å². The van der Waals surface area contributed by atoms with Crippen LogP contribution in [0.1, 0.15) is 11.5 Å². The molecule has 2 aromatic heterocycles. The van der Waals surface area contributed by atoms with Crippen molar-refractivity contribution in [3.8, 4) is 0 Å². The molecule has 0 spiro atoms. The molecule has 0 aliphatic rings. The minimum Gasteiger partial charge on any atom is -0.343 e. The van der Waals surface area contributed by atoms with E-state index in [1.54, 1.807) is 4.68 Å². The lowest BCUT2D eigenvalue weighted by Gasteiger charge is -1.91. The molecule has 0 unspecified atom stereocenters. The van der Waals surface area contributed by atoms with E-state index < -0.39 is 0 Å². The van der Waals surface area contributed by atoms with E-state index in [0.717, 1.165) is 5.69 Å². The van der Waals surface area contributed by atoms with Crippen LogP contribution < -0.4 is 0 Å². The summed E-state index contributed by atoms with van der Waals surface area (Å²) >= 11 is 3.28. The molecule has 0 atom stereocenters. The van der Waals surface area contributed by atoms with Gasteiger partial charge in [0.15, 0.2) is 5.82 Å². The van der Waals surface area contributed by atoms with Crippen molar-refractivity contribution in [2.75, 3.05) is 0 Å². The summed E-state index contributed by atoms with van der Waals surface area (Å²) in [6.07, 6.45) is 3.11. The highest BCUT2D eigenvalue weighted by Crippen LogP contribution is 2.00. The van der Waals surface area contributed by atoms with Crippen LogP contribution in [-0.4, -0.2) is 25.1 Å². The van der Waals surface area contributed by atoms with Crippen LogP contribution in [0.15, 0.2) is 17.1 Å². The van der Waals surface area contributed by atoms with Crippen LogP contribution in [0.3, 0.4) is 0 Å². The van der Waals surface area contributed by atoms with Gasteiger partial charge in [-0.15, -0.1) is 5.10 Å². The average Bonchev–Trinajstić information content (AvgIpc) is 2.76. The van der Waals surface area contributed by atoms with E-state index in [4.69, 9.17) is 0 Å². The second-order valence-electron chi connectivity index (χ2n) is 2.39. The van der Waals surface area contributed by atoms with Gasteiger partial charge in [0.25, 0.3) is 0 Å². The standard InChI is InChI=1S/C6H6BrN5O/c7-1-5-2-12(11-9-5)3-6-8-4-13-10-6/h2,4H,1,3H2. The zero-order valence-corrected chi connectivity index (χ0v) is 8.18. The predicted molar refractivity (Wildman–Crippen MR) is 46.1 cm³/mol. The zero-order chi connectivity index (χ0) is 9.10. The van der Waals surface area contributed by atoms with Crippen LogP contribution in [0.4, 0.5) is 0 Å². The molecule has 13 heavy (non-hydrogen) atoms. The van der Waals surface area contributed by atoms with E-state index in [0.29, 0.717) is 17.7 Å². The van der Waals surface area contributed by atoms with Crippen molar-refractivity contribution >= 4 is 15.9 Å². The lowest BCUT2D eigenvalue weighted by atomic mass is 10.5. The third-order valence-corrected chi connectivity index (χ3v) is 2.01. The van der Waals surface area contributed by atoms with E-state index in [9.17, 15) is 0 Å². The summed E-state index contributed by atoms with van der Waals surface area (Å²) in [7, 11) is 0. The summed E-state index contributed by atoms with van der Waals surface area (Å²) in [6.45, 7) is 0.483. The fraction of sp³-hybridized carbons (Fsp3) is 0.333. The largest absolute Gasteiger partial charge is 0.343 e. The Morgan fingerprint density at radius 1 is 1.54 bits per heavy atom. The lowest BCUT2D eigenvalue weighted by molar-refractivity contribution is 0.406. The molecule has 2 aromatic rings. The van der Waals surface area contributed by atoms with Crippen LogP contribution in [-0.2, 0) is 11.9 Å². The topological polar surface area (TPSA) is 69.6 Å². The Morgan fingerprint density at radius 3 is 3.08 bits per heavy atom. The van der Waals surface area contributed by atoms with Gasteiger partial charge in [0.1, 0.15) is 6.54 Å². The highest BCUT2D eigenvalue weighted by Gasteiger charge is 2.02. The molecule has 0 aliphatic heterocycles. The Kier molecular flexibility index (Phi) is 2.35. The molecular formula is C6H6BrN5O. The minimum absolute atomic E-state index is 0.483. The number of alkyl halides is 1. The van der Waals surface area contributed by atoms with Crippen molar-refractivity contribution in [3.63, 3.8) is 0 Å². The molecule has 7 heteroatoms. The minimum atomic E-state index is 0.483. The Bertz CT molecular complexity index is 370. The van der Waals surface area contributed by atoms with E-state index in [-0.39, 0.29) is 0 Å². The van der Waals surface area contributed by atoms with Crippen LogP contribution in [0, 0.1) is 0 Å². The first-order valence-electron chi connectivity index (χ1n) is 3.58. The molecule has 0 aliphatic carbocycles. The SMILES string of the molecule is BrCc1cn(Cc2ncon2)nn1. The first kappa shape index (κ1) is 8.36. The molecule has 2 heterocycles. The highest BCUT2D eigenvalue weighted by atomic mass is 79.9. The molecule has 0 N–H and O–H groups in total. The Hall–Kier alpha value is -1.24. The average molecular weight is 244 g/mol. The number of nitrogens with zero attached hydrogens (tertiary/aromatic N) is 5. The van der Waals surface area contributed by atoms with Crippen LogP contribution >= 0.6 is 15.9 Å². The second kappa shape index (κ2) is 3.65. The molecule has 0 radical (unpaired) electrons. The summed E-state index contributed by atoms with van der Waals surface area (Å²) in [4.78, 5) is 3.87. The normalized spacial score (nSPS) is 10.5. The highest BCUT2D eigenvalue weighted by molar-refractivity contribution is 9.08. The molecule has 0 saturated heterocycles. The van der Waals surface area contributed by atoms with Crippen molar-refractivity contribution in [2.45, 2.75) is 11.9 Å². The summed E-state index contributed by atoms with van der Waals surface area (Å²) in [5, 5.41) is 12.1. The molecule has 2 rings (SSSR count). The van der Waals surface area contributed by atoms with Crippen molar-refractivity contribution in [3.05, 3.63) is 24.1 Å². The molecule has 0 amide bonds. The second-order valence-corrected chi connectivity index (χ2v) is 2.95. The van der Waals surface area contributed by atoms with Gasteiger partial charge in [0, 0.05) is 11.5 Å². The van der Waals surface area contributed by atoms with Crippen LogP contribution in [0.2, 0.25) is 0 Å². The van der Waals surface area contributed by atoms with Gasteiger partial charge in [-0.2, -0.15) is 4.98 Å². The first-order chi connectivity index (χ1) is 6.38. The smallest absolute Gasteiger partial charge is 0.213 e. The van der Waals surface area contributed by atoms with Crippen LogP contribution in [0.5, 0.6) is 0 Å². The maximum absolute atomic E-state index is 4.59. The maximum atomic E-state index is 4.59. The van der Waals surface area contributed by atoms with Crippen molar-refractivity contribution in [1.29, 1.82) is 0 Å². The van der Waals surface area contributed by atoms with E-state index in [1.807, 2.05) is 6.20 Å². The van der Waals surface area contributed by atoms with E-state index in [1.165, 1.54) is 6.39 Å². The van der Waals surface area contributed by atoms with Gasteiger partial charge in [-0.1, -0.05) is 26.3 Å². The molecule has 68 valence electrons. The van der Waals surface area contributed by atoms with Crippen molar-refractivity contribution in [2.24, 2.45) is 0 Å². The number of hydrogen-bond donors (Lipinski definition) is 0.